The number of hydrogen-bond acceptors (Lipinski definition) is 4. The molecule has 0 bridgehead atoms. The van der Waals surface area contributed by atoms with Crippen LogP contribution >= 0.6 is 0 Å². The van der Waals surface area contributed by atoms with Gasteiger partial charge in [0.2, 0.25) is 5.91 Å². The van der Waals surface area contributed by atoms with Crippen molar-refractivity contribution in [3.63, 3.8) is 0 Å². The molecule has 0 aliphatic carbocycles. The van der Waals surface area contributed by atoms with E-state index in [1.165, 1.54) is 11.1 Å². The fourth-order valence-electron chi connectivity index (χ4n) is 4.55. The van der Waals surface area contributed by atoms with Gasteiger partial charge in [0.15, 0.2) is 5.96 Å². The highest BCUT2D eigenvalue weighted by atomic mass is 16.5. The number of nitrogens with zero attached hydrogens (tertiary/aromatic N) is 3. The minimum absolute atomic E-state index is 0.0464. The molecule has 7 heteroatoms. The predicted octanol–water partition coefficient (Wildman–Crippen LogP) is 2.22. The molecule has 2 N–H and O–H groups in total. The van der Waals surface area contributed by atoms with E-state index in [2.05, 4.69) is 58.6 Å². The van der Waals surface area contributed by atoms with Crippen molar-refractivity contribution in [3.05, 3.63) is 35.4 Å². The molecule has 2 aliphatic rings. The van der Waals surface area contributed by atoms with Crippen molar-refractivity contribution < 1.29 is 9.53 Å². The number of ether oxygens (including phenoxy) is 1. The third-order valence-electron chi connectivity index (χ3n) is 6.01. The van der Waals surface area contributed by atoms with Gasteiger partial charge in [-0.1, -0.05) is 38.1 Å². The van der Waals surface area contributed by atoms with Gasteiger partial charge in [-0.15, -0.1) is 0 Å². The minimum Gasteiger partial charge on any atom is -0.373 e. The fraction of sp³-hybridized carbons (Fsp3) is 0.667. The highest BCUT2D eigenvalue weighted by Gasteiger charge is 2.28. The van der Waals surface area contributed by atoms with Crippen LogP contribution in [0.5, 0.6) is 0 Å². The lowest BCUT2D eigenvalue weighted by molar-refractivity contribution is -0.133. The second-order valence-electron chi connectivity index (χ2n) is 9.21. The molecule has 1 amide bonds. The summed E-state index contributed by atoms with van der Waals surface area (Å²) in [6, 6.07) is 8.83. The summed E-state index contributed by atoms with van der Waals surface area (Å²) < 4.78 is 5.87. The summed E-state index contributed by atoms with van der Waals surface area (Å²) in [5, 5.41) is 6.96. The fourth-order valence-corrected chi connectivity index (χ4v) is 4.55. The van der Waals surface area contributed by atoms with Crippen molar-refractivity contribution in [2.24, 2.45) is 10.9 Å². The Morgan fingerprint density at radius 1 is 1.16 bits per heavy atom. The van der Waals surface area contributed by atoms with E-state index in [0.717, 1.165) is 45.1 Å². The number of morpholine rings is 1. The Morgan fingerprint density at radius 2 is 1.84 bits per heavy atom. The standard InChI is InChI=1S/C24H39N5O2/c1-17(2)23(30)29-11-10-22(16-29)27-24(25-5)26-12-20-8-6-7-9-21(20)15-28-13-18(3)31-19(4)14-28/h6-9,17-19,22H,10-16H2,1-5H3,(H2,25,26,27). The SMILES string of the molecule is CN=C(NCc1ccccc1CN1CC(C)OC(C)C1)NC1CCN(C(=O)C(C)C)C1. The topological polar surface area (TPSA) is 69.2 Å². The summed E-state index contributed by atoms with van der Waals surface area (Å²) in [7, 11) is 1.80. The molecule has 3 atom stereocenters. The number of nitrogens with one attached hydrogen (secondary N) is 2. The van der Waals surface area contributed by atoms with Crippen molar-refractivity contribution in [3.8, 4) is 0 Å². The maximum absolute atomic E-state index is 12.2. The Balaban J connectivity index is 1.54. The zero-order valence-corrected chi connectivity index (χ0v) is 19.7. The normalized spacial score (nSPS) is 25.2. The number of hydrogen-bond donors (Lipinski definition) is 2. The van der Waals surface area contributed by atoms with Crippen LogP contribution in [0, 0.1) is 5.92 Å². The number of amides is 1. The Kier molecular flexibility index (Phi) is 8.32. The molecule has 1 aromatic carbocycles. The van der Waals surface area contributed by atoms with Crippen LogP contribution in [0.1, 0.15) is 45.2 Å². The first-order chi connectivity index (χ1) is 14.9. The predicted molar refractivity (Wildman–Crippen MR) is 125 cm³/mol. The van der Waals surface area contributed by atoms with E-state index < -0.39 is 0 Å². The van der Waals surface area contributed by atoms with Gasteiger partial charge in [-0.05, 0) is 31.4 Å². The second kappa shape index (κ2) is 11.0. The third-order valence-corrected chi connectivity index (χ3v) is 6.01. The first kappa shape index (κ1) is 23.5. The molecule has 2 saturated heterocycles. The van der Waals surface area contributed by atoms with E-state index in [9.17, 15) is 4.79 Å². The van der Waals surface area contributed by atoms with Crippen LogP contribution in [0.15, 0.2) is 29.3 Å². The number of likely N-dealkylation sites (tertiary alicyclic amines) is 1. The van der Waals surface area contributed by atoms with Gasteiger partial charge in [-0.25, -0.2) is 0 Å². The average Bonchev–Trinajstić information content (AvgIpc) is 3.19. The molecular formula is C24H39N5O2. The number of rotatable bonds is 6. The van der Waals surface area contributed by atoms with E-state index in [4.69, 9.17) is 4.74 Å². The molecule has 2 fully saturated rings. The molecule has 3 unspecified atom stereocenters. The molecule has 0 aromatic heterocycles. The van der Waals surface area contributed by atoms with Crippen molar-refractivity contribution in [2.75, 3.05) is 33.2 Å². The summed E-state index contributed by atoms with van der Waals surface area (Å²) in [5.74, 6) is 1.06. The minimum atomic E-state index is 0.0464. The van der Waals surface area contributed by atoms with Gasteiger partial charge in [0.05, 0.1) is 12.2 Å². The summed E-state index contributed by atoms with van der Waals surface area (Å²) in [5.41, 5.74) is 2.61. The molecule has 0 radical (unpaired) electrons. The van der Waals surface area contributed by atoms with Crippen molar-refractivity contribution in [1.29, 1.82) is 0 Å². The van der Waals surface area contributed by atoms with Crippen molar-refractivity contribution in [2.45, 2.75) is 65.5 Å². The van der Waals surface area contributed by atoms with Crippen LogP contribution in [0.4, 0.5) is 0 Å². The Labute approximate surface area is 187 Å². The number of carbonyl (C=O) groups excluding carboxylic acids is 1. The number of guanidine groups is 1. The van der Waals surface area contributed by atoms with Crippen molar-refractivity contribution >= 4 is 11.9 Å². The molecule has 0 saturated carbocycles. The highest BCUT2D eigenvalue weighted by molar-refractivity contribution is 5.81. The van der Waals surface area contributed by atoms with E-state index in [-0.39, 0.29) is 30.1 Å². The second-order valence-corrected chi connectivity index (χ2v) is 9.21. The van der Waals surface area contributed by atoms with Gasteiger partial charge >= 0.3 is 0 Å². The third kappa shape index (κ3) is 6.68. The molecule has 1 aromatic rings. The molecule has 0 spiro atoms. The van der Waals surface area contributed by atoms with Crippen LogP contribution in [-0.2, 0) is 22.6 Å². The monoisotopic (exact) mass is 429 g/mol. The number of benzene rings is 1. The van der Waals surface area contributed by atoms with Gasteiger partial charge in [0.1, 0.15) is 0 Å². The van der Waals surface area contributed by atoms with Gasteiger partial charge in [-0.3, -0.25) is 14.7 Å². The van der Waals surface area contributed by atoms with Crippen LogP contribution in [0.3, 0.4) is 0 Å². The molecule has 172 valence electrons. The maximum atomic E-state index is 12.2. The Bertz CT molecular complexity index is 756. The van der Waals surface area contributed by atoms with E-state index >= 15 is 0 Å². The van der Waals surface area contributed by atoms with Crippen LogP contribution in [0.25, 0.3) is 0 Å². The average molecular weight is 430 g/mol. The van der Waals surface area contributed by atoms with Gasteiger partial charge in [0.25, 0.3) is 0 Å². The summed E-state index contributed by atoms with van der Waals surface area (Å²) in [6.07, 6.45) is 1.49. The molecule has 3 rings (SSSR count). The zero-order valence-electron chi connectivity index (χ0n) is 19.7. The first-order valence-electron chi connectivity index (χ1n) is 11.6. The lowest BCUT2D eigenvalue weighted by atomic mass is 10.1. The van der Waals surface area contributed by atoms with Crippen molar-refractivity contribution in [1.82, 2.24) is 20.4 Å². The van der Waals surface area contributed by atoms with Crippen LogP contribution in [-0.4, -0.2) is 73.1 Å². The first-order valence-corrected chi connectivity index (χ1v) is 11.6. The molecular weight excluding hydrogens is 390 g/mol. The summed E-state index contributed by atoms with van der Waals surface area (Å²) >= 11 is 0. The Hall–Kier alpha value is -2.12. The zero-order chi connectivity index (χ0) is 22.4. The van der Waals surface area contributed by atoms with Crippen LogP contribution in [0.2, 0.25) is 0 Å². The summed E-state index contributed by atoms with van der Waals surface area (Å²) in [6.45, 7) is 13.3. The van der Waals surface area contributed by atoms with Gasteiger partial charge in [-0.2, -0.15) is 0 Å². The van der Waals surface area contributed by atoms with E-state index in [0.29, 0.717) is 6.54 Å². The lowest BCUT2D eigenvalue weighted by Crippen LogP contribution is -2.45. The Morgan fingerprint density at radius 3 is 2.48 bits per heavy atom. The van der Waals surface area contributed by atoms with E-state index in [1.54, 1.807) is 7.05 Å². The molecule has 2 heterocycles. The van der Waals surface area contributed by atoms with E-state index in [1.807, 2.05) is 18.7 Å². The quantitative estimate of drug-likeness (QED) is 0.536. The number of carbonyl (C=O) groups is 1. The summed E-state index contributed by atoms with van der Waals surface area (Å²) in [4.78, 5) is 21.1. The smallest absolute Gasteiger partial charge is 0.225 e. The van der Waals surface area contributed by atoms with Crippen LogP contribution < -0.4 is 10.6 Å². The van der Waals surface area contributed by atoms with Gasteiger partial charge in [0, 0.05) is 58.3 Å². The maximum Gasteiger partial charge on any atom is 0.225 e. The van der Waals surface area contributed by atoms with Gasteiger partial charge < -0.3 is 20.3 Å². The molecule has 31 heavy (non-hydrogen) atoms. The highest BCUT2D eigenvalue weighted by Crippen LogP contribution is 2.17. The lowest BCUT2D eigenvalue weighted by Gasteiger charge is -2.35. The number of aliphatic imine (C=N–C) groups is 1. The molecule has 7 nitrogen and oxygen atoms in total. The largest absolute Gasteiger partial charge is 0.373 e. The molecule has 2 aliphatic heterocycles.